The van der Waals surface area contributed by atoms with Gasteiger partial charge in [0.2, 0.25) is 11.6 Å². The average molecular weight is 166 g/mol. The van der Waals surface area contributed by atoms with Crippen LogP contribution in [0.4, 0.5) is 0 Å². The molecule has 12 heavy (non-hydrogen) atoms. The van der Waals surface area contributed by atoms with Crippen LogP contribution in [0.25, 0.3) is 0 Å². The second-order valence-electron chi connectivity index (χ2n) is 3.01. The summed E-state index contributed by atoms with van der Waals surface area (Å²) in [6.45, 7) is 3.69. The van der Waals surface area contributed by atoms with Crippen molar-refractivity contribution in [2.24, 2.45) is 5.92 Å². The van der Waals surface area contributed by atoms with E-state index >= 15 is 0 Å². The number of hydrogen-bond acceptors (Lipinski definition) is 3. The molecule has 1 aliphatic carbocycles. The van der Waals surface area contributed by atoms with E-state index in [9.17, 15) is 14.7 Å². The van der Waals surface area contributed by atoms with Crippen molar-refractivity contribution in [1.82, 2.24) is 0 Å². The van der Waals surface area contributed by atoms with Crippen molar-refractivity contribution in [3.8, 4) is 0 Å². The van der Waals surface area contributed by atoms with E-state index < -0.39 is 11.6 Å². The number of ketones is 2. The van der Waals surface area contributed by atoms with Gasteiger partial charge >= 0.3 is 0 Å². The van der Waals surface area contributed by atoms with Crippen LogP contribution in [0.2, 0.25) is 0 Å². The van der Waals surface area contributed by atoms with Gasteiger partial charge in [0.1, 0.15) is 5.76 Å². The van der Waals surface area contributed by atoms with Crippen LogP contribution in [0.15, 0.2) is 23.5 Å². The molecular formula is C9H10O3. The minimum Gasteiger partial charge on any atom is -0.508 e. The first-order valence-corrected chi connectivity index (χ1v) is 3.73. The Kier molecular flexibility index (Phi) is 2.13. The van der Waals surface area contributed by atoms with Gasteiger partial charge in [-0.15, -0.1) is 0 Å². The second kappa shape index (κ2) is 2.93. The molecule has 0 spiro atoms. The molecule has 0 saturated carbocycles. The van der Waals surface area contributed by atoms with Gasteiger partial charge in [-0.1, -0.05) is 13.8 Å². The normalized spacial score (nSPS) is 17.9. The molecule has 0 saturated heterocycles. The Morgan fingerprint density at radius 2 is 1.67 bits per heavy atom. The summed E-state index contributed by atoms with van der Waals surface area (Å²) in [5.41, 5.74) is 0.527. The van der Waals surface area contributed by atoms with Crippen molar-refractivity contribution >= 4 is 11.6 Å². The summed E-state index contributed by atoms with van der Waals surface area (Å²) in [5, 5.41) is 9.25. The summed E-state index contributed by atoms with van der Waals surface area (Å²) < 4.78 is 0. The van der Waals surface area contributed by atoms with Gasteiger partial charge in [-0.3, -0.25) is 9.59 Å². The molecule has 0 radical (unpaired) electrons. The minimum absolute atomic E-state index is 0.0540. The molecule has 1 N–H and O–H groups in total. The lowest BCUT2D eigenvalue weighted by Gasteiger charge is -2.12. The fourth-order valence-electron chi connectivity index (χ4n) is 1.03. The van der Waals surface area contributed by atoms with Gasteiger partial charge in [0.05, 0.1) is 0 Å². The van der Waals surface area contributed by atoms with Gasteiger partial charge in [-0.05, 0) is 12.0 Å². The molecule has 0 aromatic rings. The molecule has 0 unspecified atom stereocenters. The SMILES string of the molecule is CC(C)C1=CC(=O)C(=O)C=C1O. The molecule has 0 heterocycles. The van der Waals surface area contributed by atoms with Gasteiger partial charge in [0.15, 0.2) is 0 Å². The van der Waals surface area contributed by atoms with Crippen molar-refractivity contribution in [1.29, 1.82) is 0 Å². The van der Waals surface area contributed by atoms with Crippen molar-refractivity contribution in [2.45, 2.75) is 13.8 Å². The van der Waals surface area contributed by atoms with Crippen LogP contribution in [0.3, 0.4) is 0 Å². The zero-order valence-electron chi connectivity index (χ0n) is 7.00. The lowest BCUT2D eigenvalue weighted by Crippen LogP contribution is -2.16. The van der Waals surface area contributed by atoms with Crippen LogP contribution in [0, 0.1) is 5.92 Å². The number of aliphatic hydroxyl groups excluding tert-OH is 1. The van der Waals surface area contributed by atoms with Gasteiger partial charge in [0.25, 0.3) is 0 Å². The molecule has 3 heteroatoms. The molecule has 0 fully saturated rings. The largest absolute Gasteiger partial charge is 0.508 e. The fourth-order valence-corrected chi connectivity index (χ4v) is 1.03. The average Bonchev–Trinajstić information content (AvgIpc) is 1.96. The third kappa shape index (κ3) is 1.44. The van der Waals surface area contributed by atoms with Gasteiger partial charge < -0.3 is 5.11 Å². The lowest BCUT2D eigenvalue weighted by molar-refractivity contribution is -0.131. The third-order valence-corrected chi connectivity index (χ3v) is 1.72. The Hall–Kier alpha value is -1.38. The highest BCUT2D eigenvalue weighted by Gasteiger charge is 2.20. The highest BCUT2D eigenvalue weighted by atomic mass is 16.3. The van der Waals surface area contributed by atoms with Crippen LogP contribution >= 0.6 is 0 Å². The quantitative estimate of drug-likeness (QED) is 0.469. The van der Waals surface area contributed by atoms with Crippen LogP contribution < -0.4 is 0 Å². The zero-order valence-corrected chi connectivity index (χ0v) is 7.00. The monoisotopic (exact) mass is 166 g/mol. The minimum atomic E-state index is -0.656. The Balaban J connectivity index is 3.04. The van der Waals surface area contributed by atoms with E-state index in [1.165, 1.54) is 6.08 Å². The molecule has 0 atom stereocenters. The first-order chi connectivity index (χ1) is 5.52. The summed E-state index contributed by atoms with van der Waals surface area (Å²) >= 11 is 0. The van der Waals surface area contributed by atoms with Crippen LogP contribution in [0.1, 0.15) is 13.8 Å². The first-order valence-electron chi connectivity index (χ1n) is 3.73. The van der Waals surface area contributed by atoms with Crippen molar-refractivity contribution in [3.05, 3.63) is 23.5 Å². The maximum Gasteiger partial charge on any atom is 0.229 e. The number of rotatable bonds is 1. The predicted molar refractivity (Wildman–Crippen MR) is 43.6 cm³/mol. The van der Waals surface area contributed by atoms with Crippen LogP contribution in [0.5, 0.6) is 0 Å². The molecule has 1 aliphatic rings. The van der Waals surface area contributed by atoms with Crippen molar-refractivity contribution in [2.75, 3.05) is 0 Å². The van der Waals surface area contributed by atoms with Crippen molar-refractivity contribution < 1.29 is 14.7 Å². The van der Waals surface area contributed by atoms with Gasteiger partial charge in [-0.2, -0.15) is 0 Å². The molecule has 3 nitrogen and oxygen atoms in total. The van der Waals surface area contributed by atoms with E-state index in [0.717, 1.165) is 6.08 Å². The number of carbonyl (C=O) groups is 2. The second-order valence-corrected chi connectivity index (χ2v) is 3.01. The zero-order chi connectivity index (χ0) is 9.30. The summed E-state index contributed by atoms with van der Waals surface area (Å²) in [6.07, 6.45) is 2.17. The Morgan fingerprint density at radius 1 is 1.17 bits per heavy atom. The maximum atomic E-state index is 10.9. The molecule has 0 aromatic heterocycles. The molecule has 1 rings (SSSR count). The predicted octanol–water partition coefficient (Wildman–Crippen LogP) is 1.16. The van der Waals surface area contributed by atoms with Crippen LogP contribution in [-0.2, 0) is 9.59 Å². The number of hydrogen-bond donors (Lipinski definition) is 1. The number of aliphatic hydroxyl groups is 1. The number of allylic oxidation sites excluding steroid dienone is 3. The smallest absolute Gasteiger partial charge is 0.229 e. The molecule has 64 valence electrons. The summed E-state index contributed by atoms with van der Waals surface area (Å²) in [5.74, 6) is -1.25. The topological polar surface area (TPSA) is 54.4 Å². The molecule has 0 aromatic carbocycles. The maximum absolute atomic E-state index is 10.9. The third-order valence-electron chi connectivity index (χ3n) is 1.72. The van der Waals surface area contributed by atoms with Crippen molar-refractivity contribution in [3.63, 3.8) is 0 Å². The first kappa shape index (κ1) is 8.71. The Morgan fingerprint density at radius 3 is 2.17 bits per heavy atom. The molecule has 0 amide bonds. The standard InChI is InChI=1S/C9H10O3/c1-5(2)6-3-8(11)9(12)4-7(6)10/h3-5,10H,1-2H3. The Labute approximate surface area is 70.4 Å². The molecular weight excluding hydrogens is 156 g/mol. The van der Waals surface area contributed by atoms with E-state index in [-0.39, 0.29) is 11.7 Å². The number of carbonyl (C=O) groups excluding carboxylic acids is 2. The van der Waals surface area contributed by atoms with E-state index in [2.05, 4.69) is 0 Å². The van der Waals surface area contributed by atoms with Gasteiger partial charge in [-0.25, -0.2) is 0 Å². The van der Waals surface area contributed by atoms with E-state index in [1.54, 1.807) is 0 Å². The van der Waals surface area contributed by atoms with E-state index in [0.29, 0.717) is 5.57 Å². The molecule has 0 aliphatic heterocycles. The molecule has 0 bridgehead atoms. The van der Waals surface area contributed by atoms with E-state index in [4.69, 9.17) is 0 Å². The highest BCUT2D eigenvalue weighted by molar-refractivity contribution is 6.46. The van der Waals surface area contributed by atoms with Crippen LogP contribution in [-0.4, -0.2) is 16.7 Å². The lowest BCUT2D eigenvalue weighted by atomic mass is 9.94. The Bertz CT molecular complexity index is 295. The summed E-state index contributed by atoms with van der Waals surface area (Å²) in [6, 6.07) is 0. The van der Waals surface area contributed by atoms with E-state index in [1.807, 2.05) is 13.8 Å². The summed E-state index contributed by atoms with van der Waals surface area (Å²) in [7, 11) is 0. The highest BCUT2D eigenvalue weighted by Crippen LogP contribution is 2.20. The fraction of sp³-hybridized carbons (Fsp3) is 0.333. The van der Waals surface area contributed by atoms with Gasteiger partial charge in [0, 0.05) is 11.6 Å². The summed E-state index contributed by atoms with van der Waals surface area (Å²) in [4.78, 5) is 21.6.